The maximum atomic E-state index is 12.3. The molecule has 0 aliphatic carbocycles. The van der Waals surface area contributed by atoms with E-state index in [0.29, 0.717) is 34.1 Å². The first-order chi connectivity index (χ1) is 13.5. The summed E-state index contributed by atoms with van der Waals surface area (Å²) in [4.78, 5) is 27.6. The van der Waals surface area contributed by atoms with Crippen molar-refractivity contribution in [2.45, 2.75) is 6.54 Å². The first-order valence-corrected chi connectivity index (χ1v) is 9.47. The number of nitro groups is 1. The Morgan fingerprint density at radius 3 is 2.86 bits per heavy atom. The molecule has 2 aromatic carbocycles. The number of benzene rings is 2. The molecule has 3 aromatic rings. The lowest BCUT2D eigenvalue weighted by atomic mass is 10.2. The average molecular weight is 418 g/mol. The SMILES string of the molecule is COCCn1c(=NC(=O)/C=C/c2ccccc2Cl)sc2ccc([N+](=O)[O-])cc21. The molecule has 1 amide bonds. The van der Waals surface area contributed by atoms with E-state index in [1.165, 1.54) is 29.5 Å². The Morgan fingerprint density at radius 2 is 2.14 bits per heavy atom. The van der Waals surface area contributed by atoms with Crippen molar-refractivity contribution in [3.8, 4) is 0 Å². The number of nitrogens with zero attached hydrogens (tertiary/aromatic N) is 3. The zero-order valence-electron chi connectivity index (χ0n) is 14.9. The average Bonchev–Trinajstić information content (AvgIpc) is 3.01. The monoisotopic (exact) mass is 417 g/mol. The van der Waals surface area contributed by atoms with Crippen molar-refractivity contribution < 1.29 is 14.5 Å². The topological polar surface area (TPSA) is 86.7 Å². The van der Waals surface area contributed by atoms with Crippen LogP contribution < -0.4 is 4.80 Å². The summed E-state index contributed by atoms with van der Waals surface area (Å²) < 4.78 is 7.66. The Hall–Kier alpha value is -2.81. The fourth-order valence-corrected chi connectivity index (χ4v) is 3.80. The number of non-ortho nitro benzene ring substituents is 1. The molecule has 0 radical (unpaired) electrons. The van der Waals surface area contributed by atoms with E-state index in [1.807, 2.05) is 6.07 Å². The molecule has 1 aromatic heterocycles. The molecule has 28 heavy (non-hydrogen) atoms. The lowest BCUT2D eigenvalue weighted by Gasteiger charge is -2.03. The number of ether oxygens (including phenoxy) is 1. The summed E-state index contributed by atoms with van der Waals surface area (Å²) >= 11 is 7.37. The summed E-state index contributed by atoms with van der Waals surface area (Å²) in [6, 6.07) is 11.7. The van der Waals surface area contributed by atoms with Crippen molar-refractivity contribution in [1.82, 2.24) is 4.57 Å². The van der Waals surface area contributed by atoms with Crippen molar-refractivity contribution >= 4 is 50.8 Å². The minimum atomic E-state index is -0.452. The van der Waals surface area contributed by atoms with E-state index in [0.717, 1.165) is 4.70 Å². The summed E-state index contributed by atoms with van der Waals surface area (Å²) in [5.41, 5.74) is 1.33. The van der Waals surface area contributed by atoms with Crippen LogP contribution in [0, 0.1) is 10.1 Å². The fourth-order valence-electron chi connectivity index (χ4n) is 2.56. The zero-order valence-corrected chi connectivity index (χ0v) is 16.4. The van der Waals surface area contributed by atoms with Crippen LogP contribution in [0.3, 0.4) is 0 Å². The second-order valence-corrected chi connectivity index (χ2v) is 7.16. The van der Waals surface area contributed by atoms with Crippen LogP contribution in [-0.4, -0.2) is 29.1 Å². The summed E-state index contributed by atoms with van der Waals surface area (Å²) in [6.45, 7) is 0.795. The van der Waals surface area contributed by atoms with E-state index in [-0.39, 0.29) is 5.69 Å². The molecule has 0 aliphatic heterocycles. The summed E-state index contributed by atoms with van der Waals surface area (Å²) in [5, 5.41) is 11.6. The van der Waals surface area contributed by atoms with Crippen molar-refractivity contribution in [2.24, 2.45) is 4.99 Å². The fraction of sp³-hybridized carbons (Fsp3) is 0.158. The number of hydrogen-bond acceptors (Lipinski definition) is 5. The van der Waals surface area contributed by atoms with Gasteiger partial charge in [0.1, 0.15) is 0 Å². The third kappa shape index (κ3) is 4.53. The predicted molar refractivity (Wildman–Crippen MR) is 109 cm³/mol. The van der Waals surface area contributed by atoms with Gasteiger partial charge in [0, 0.05) is 36.9 Å². The Labute approximate surface area is 169 Å². The Kier molecular flexibility index (Phi) is 6.35. The molecule has 0 N–H and O–H groups in total. The van der Waals surface area contributed by atoms with Crippen LogP contribution in [0.25, 0.3) is 16.3 Å². The summed E-state index contributed by atoms with van der Waals surface area (Å²) in [5.74, 6) is -0.452. The van der Waals surface area contributed by atoms with Gasteiger partial charge in [-0.25, -0.2) is 0 Å². The van der Waals surface area contributed by atoms with Gasteiger partial charge in [-0.1, -0.05) is 41.1 Å². The highest BCUT2D eigenvalue weighted by atomic mass is 35.5. The number of fused-ring (bicyclic) bond motifs is 1. The quantitative estimate of drug-likeness (QED) is 0.344. The van der Waals surface area contributed by atoms with Gasteiger partial charge in [-0.2, -0.15) is 4.99 Å². The zero-order chi connectivity index (χ0) is 20.1. The van der Waals surface area contributed by atoms with Crippen molar-refractivity contribution in [2.75, 3.05) is 13.7 Å². The van der Waals surface area contributed by atoms with Crippen molar-refractivity contribution in [3.05, 3.63) is 74.0 Å². The lowest BCUT2D eigenvalue weighted by Crippen LogP contribution is -2.19. The Bertz CT molecular complexity index is 1130. The number of thiazole rings is 1. The maximum Gasteiger partial charge on any atom is 0.272 e. The van der Waals surface area contributed by atoms with Gasteiger partial charge in [-0.3, -0.25) is 14.9 Å². The largest absolute Gasteiger partial charge is 0.383 e. The van der Waals surface area contributed by atoms with Crippen LogP contribution in [0.4, 0.5) is 5.69 Å². The van der Waals surface area contributed by atoms with Crippen LogP contribution in [0.15, 0.2) is 53.5 Å². The van der Waals surface area contributed by atoms with Gasteiger partial charge >= 0.3 is 0 Å². The number of hydrogen-bond donors (Lipinski definition) is 0. The molecule has 0 spiro atoms. The molecule has 0 aliphatic rings. The molecule has 0 fully saturated rings. The van der Waals surface area contributed by atoms with Gasteiger partial charge in [-0.05, 0) is 23.8 Å². The third-order valence-corrected chi connectivity index (χ3v) is 5.32. The maximum absolute atomic E-state index is 12.3. The number of carbonyl (C=O) groups excluding carboxylic acids is 1. The van der Waals surface area contributed by atoms with Crippen LogP contribution in [0.1, 0.15) is 5.56 Å². The molecule has 0 bridgehead atoms. The summed E-state index contributed by atoms with van der Waals surface area (Å²) in [7, 11) is 1.56. The number of aromatic nitrogens is 1. The van der Waals surface area contributed by atoms with Crippen LogP contribution in [-0.2, 0) is 16.1 Å². The van der Waals surface area contributed by atoms with Crippen LogP contribution >= 0.6 is 22.9 Å². The number of carbonyl (C=O) groups is 1. The molecule has 7 nitrogen and oxygen atoms in total. The smallest absolute Gasteiger partial charge is 0.272 e. The number of amides is 1. The minimum absolute atomic E-state index is 0.0204. The van der Waals surface area contributed by atoms with Gasteiger partial charge < -0.3 is 9.30 Å². The number of nitro benzene ring substituents is 1. The van der Waals surface area contributed by atoms with E-state index in [2.05, 4.69) is 4.99 Å². The van der Waals surface area contributed by atoms with Gasteiger partial charge in [-0.15, -0.1) is 0 Å². The Morgan fingerprint density at radius 1 is 1.36 bits per heavy atom. The van der Waals surface area contributed by atoms with Crippen molar-refractivity contribution in [3.63, 3.8) is 0 Å². The second-order valence-electron chi connectivity index (χ2n) is 5.74. The third-order valence-electron chi connectivity index (χ3n) is 3.91. The van der Waals surface area contributed by atoms with Gasteiger partial charge in [0.2, 0.25) is 0 Å². The van der Waals surface area contributed by atoms with Crippen molar-refractivity contribution in [1.29, 1.82) is 0 Å². The normalized spacial score (nSPS) is 12.1. The molecule has 0 atom stereocenters. The Balaban J connectivity index is 2.01. The van der Waals surface area contributed by atoms with Crippen LogP contribution in [0.2, 0.25) is 5.02 Å². The molecule has 9 heteroatoms. The number of methoxy groups -OCH3 is 1. The molecule has 144 valence electrons. The van der Waals surface area contributed by atoms with Gasteiger partial charge in [0.05, 0.1) is 21.7 Å². The standard InChI is InChI=1S/C19H16ClN3O4S/c1-27-11-10-22-16-12-14(23(25)26)7-8-17(16)28-19(22)21-18(24)9-6-13-4-2-3-5-15(13)20/h2-9,12H,10-11H2,1H3/b9-6+,21-19?. The van der Waals surface area contributed by atoms with Gasteiger partial charge in [0.25, 0.3) is 11.6 Å². The molecular formula is C19H16ClN3O4S. The molecule has 1 heterocycles. The van der Waals surface area contributed by atoms with E-state index >= 15 is 0 Å². The molecule has 0 unspecified atom stereocenters. The van der Waals surface area contributed by atoms with Gasteiger partial charge in [0.15, 0.2) is 4.80 Å². The van der Waals surface area contributed by atoms with E-state index < -0.39 is 10.8 Å². The predicted octanol–water partition coefficient (Wildman–Crippen LogP) is 4.05. The van der Waals surface area contributed by atoms with E-state index in [1.54, 1.807) is 42.0 Å². The molecule has 3 rings (SSSR count). The highest BCUT2D eigenvalue weighted by Gasteiger charge is 2.12. The molecule has 0 saturated carbocycles. The number of halogens is 1. The lowest BCUT2D eigenvalue weighted by molar-refractivity contribution is -0.384. The van der Waals surface area contributed by atoms with Crippen LogP contribution in [0.5, 0.6) is 0 Å². The highest BCUT2D eigenvalue weighted by Crippen LogP contribution is 2.23. The second kappa shape index (κ2) is 8.92. The summed E-state index contributed by atoms with van der Waals surface area (Å²) in [6.07, 6.45) is 2.94. The van der Waals surface area contributed by atoms with E-state index in [4.69, 9.17) is 16.3 Å². The first-order valence-electron chi connectivity index (χ1n) is 8.27. The molecule has 0 saturated heterocycles. The molecular weight excluding hydrogens is 402 g/mol. The number of rotatable bonds is 6. The first kappa shape index (κ1) is 19.9. The van der Waals surface area contributed by atoms with E-state index in [9.17, 15) is 14.9 Å². The minimum Gasteiger partial charge on any atom is -0.383 e. The highest BCUT2D eigenvalue weighted by molar-refractivity contribution is 7.16.